The van der Waals surface area contributed by atoms with Gasteiger partial charge in [-0.05, 0) is 25.2 Å². The summed E-state index contributed by atoms with van der Waals surface area (Å²) >= 11 is 0. The average molecular weight is 169 g/mol. The summed E-state index contributed by atoms with van der Waals surface area (Å²) in [5, 5.41) is 3.24. The molecule has 0 bridgehead atoms. The molecule has 0 saturated heterocycles. The molecule has 0 spiro atoms. The van der Waals surface area contributed by atoms with Crippen molar-refractivity contribution in [2.75, 3.05) is 6.54 Å². The van der Waals surface area contributed by atoms with E-state index >= 15 is 0 Å². The van der Waals surface area contributed by atoms with Crippen molar-refractivity contribution in [3.63, 3.8) is 0 Å². The summed E-state index contributed by atoms with van der Waals surface area (Å²) in [4.78, 5) is 0. The van der Waals surface area contributed by atoms with E-state index in [1.54, 1.807) is 0 Å². The number of allylic oxidation sites excluding steroid dienone is 1. The third kappa shape index (κ3) is 9.54. The number of unbranched alkanes of at least 4 members (excludes halogenated alkanes) is 1. The summed E-state index contributed by atoms with van der Waals surface area (Å²) in [6.07, 6.45) is 3.87. The molecule has 0 aliphatic rings. The summed E-state index contributed by atoms with van der Waals surface area (Å²) < 4.78 is 0. The van der Waals surface area contributed by atoms with Crippen molar-refractivity contribution in [1.29, 1.82) is 0 Å². The van der Waals surface area contributed by atoms with E-state index < -0.39 is 0 Å². The van der Waals surface area contributed by atoms with Crippen LogP contribution in [0.4, 0.5) is 0 Å². The van der Waals surface area contributed by atoms with E-state index in [0.717, 1.165) is 12.2 Å². The van der Waals surface area contributed by atoms with E-state index in [9.17, 15) is 0 Å². The zero-order chi connectivity index (χ0) is 9.61. The second-order valence-corrected chi connectivity index (χ2v) is 4.72. The maximum absolute atomic E-state index is 3.79. The molecule has 0 amide bonds. The molecule has 0 aliphatic carbocycles. The van der Waals surface area contributed by atoms with Gasteiger partial charge in [-0.1, -0.05) is 33.8 Å². The molecule has 0 atom stereocenters. The molecule has 0 aromatic rings. The van der Waals surface area contributed by atoms with Gasteiger partial charge in [-0.25, -0.2) is 0 Å². The van der Waals surface area contributed by atoms with Crippen LogP contribution in [0.1, 0.15) is 47.0 Å². The molecule has 0 heterocycles. The maximum Gasteiger partial charge on any atom is 0.0143 e. The molecular formula is C11H23N. The minimum absolute atomic E-state index is 0.489. The largest absolute Gasteiger partial charge is 0.389 e. The minimum Gasteiger partial charge on any atom is -0.389 e. The van der Waals surface area contributed by atoms with Crippen LogP contribution in [0.3, 0.4) is 0 Å². The van der Waals surface area contributed by atoms with Crippen molar-refractivity contribution >= 4 is 0 Å². The first-order valence-corrected chi connectivity index (χ1v) is 4.81. The van der Waals surface area contributed by atoms with Gasteiger partial charge >= 0.3 is 0 Å². The molecule has 1 N–H and O–H groups in total. The highest BCUT2D eigenvalue weighted by Crippen LogP contribution is 2.21. The van der Waals surface area contributed by atoms with Crippen molar-refractivity contribution in [2.24, 2.45) is 5.41 Å². The Morgan fingerprint density at radius 1 is 1.25 bits per heavy atom. The predicted molar refractivity (Wildman–Crippen MR) is 56.1 cm³/mol. The van der Waals surface area contributed by atoms with Crippen molar-refractivity contribution in [3.8, 4) is 0 Å². The second-order valence-electron chi connectivity index (χ2n) is 4.72. The van der Waals surface area contributed by atoms with Crippen LogP contribution in [0.25, 0.3) is 0 Å². The standard InChI is InChI=1S/C11H23N/c1-10(2)12-9-7-6-8-11(3,4)5/h12H,1,6-9H2,2-5H3. The fourth-order valence-electron chi connectivity index (χ4n) is 1.08. The number of hydrogen-bond donors (Lipinski definition) is 1. The number of nitrogens with one attached hydrogen (secondary N) is 1. The van der Waals surface area contributed by atoms with Crippen LogP contribution in [-0.4, -0.2) is 6.54 Å². The zero-order valence-corrected chi connectivity index (χ0v) is 9.04. The van der Waals surface area contributed by atoms with E-state index in [4.69, 9.17) is 0 Å². The highest BCUT2D eigenvalue weighted by atomic mass is 14.9. The van der Waals surface area contributed by atoms with Crippen LogP contribution < -0.4 is 5.32 Å². The summed E-state index contributed by atoms with van der Waals surface area (Å²) in [5.41, 5.74) is 1.56. The first-order chi connectivity index (χ1) is 5.42. The Kier molecular flexibility index (Phi) is 5.03. The molecule has 72 valence electrons. The van der Waals surface area contributed by atoms with Crippen LogP contribution in [0.2, 0.25) is 0 Å². The van der Waals surface area contributed by atoms with Gasteiger partial charge in [0.2, 0.25) is 0 Å². The highest BCUT2D eigenvalue weighted by Gasteiger charge is 2.08. The molecular weight excluding hydrogens is 146 g/mol. The smallest absolute Gasteiger partial charge is 0.0143 e. The molecule has 0 saturated carbocycles. The SMILES string of the molecule is C=C(C)NCCCCC(C)(C)C. The van der Waals surface area contributed by atoms with Crippen molar-refractivity contribution in [3.05, 3.63) is 12.3 Å². The quantitative estimate of drug-likeness (QED) is 0.622. The highest BCUT2D eigenvalue weighted by molar-refractivity contribution is 4.83. The number of hydrogen-bond acceptors (Lipinski definition) is 1. The van der Waals surface area contributed by atoms with Crippen LogP contribution in [0.5, 0.6) is 0 Å². The van der Waals surface area contributed by atoms with Crippen molar-refractivity contribution in [2.45, 2.75) is 47.0 Å². The van der Waals surface area contributed by atoms with Gasteiger partial charge in [-0.3, -0.25) is 0 Å². The molecule has 0 fully saturated rings. The Hall–Kier alpha value is -0.460. The van der Waals surface area contributed by atoms with Crippen LogP contribution >= 0.6 is 0 Å². The van der Waals surface area contributed by atoms with Gasteiger partial charge < -0.3 is 5.32 Å². The molecule has 0 aliphatic heterocycles. The molecule has 0 rings (SSSR count). The summed E-state index contributed by atoms with van der Waals surface area (Å²) in [5.74, 6) is 0. The summed E-state index contributed by atoms with van der Waals surface area (Å²) in [6.45, 7) is 13.7. The average Bonchev–Trinajstić information content (AvgIpc) is 1.83. The molecule has 0 aromatic heterocycles. The third-order valence-electron chi connectivity index (χ3n) is 1.78. The first-order valence-electron chi connectivity index (χ1n) is 4.81. The monoisotopic (exact) mass is 169 g/mol. The van der Waals surface area contributed by atoms with Crippen molar-refractivity contribution in [1.82, 2.24) is 5.32 Å². The molecule has 0 radical (unpaired) electrons. The molecule has 0 aromatic carbocycles. The first kappa shape index (κ1) is 11.5. The maximum atomic E-state index is 3.79. The van der Waals surface area contributed by atoms with E-state index in [-0.39, 0.29) is 0 Å². The van der Waals surface area contributed by atoms with Crippen LogP contribution in [0, 0.1) is 5.41 Å². The van der Waals surface area contributed by atoms with Gasteiger partial charge in [-0.15, -0.1) is 0 Å². The fourth-order valence-corrected chi connectivity index (χ4v) is 1.08. The predicted octanol–water partition coefficient (Wildman–Crippen LogP) is 3.33. The molecule has 12 heavy (non-hydrogen) atoms. The Morgan fingerprint density at radius 2 is 1.83 bits per heavy atom. The zero-order valence-electron chi connectivity index (χ0n) is 9.04. The van der Waals surface area contributed by atoms with E-state index in [1.165, 1.54) is 19.3 Å². The lowest BCUT2D eigenvalue weighted by Crippen LogP contribution is -2.12. The van der Waals surface area contributed by atoms with E-state index in [0.29, 0.717) is 5.41 Å². The molecule has 0 unspecified atom stereocenters. The van der Waals surface area contributed by atoms with E-state index in [1.807, 2.05) is 6.92 Å². The topological polar surface area (TPSA) is 12.0 Å². The lowest BCUT2D eigenvalue weighted by atomic mass is 9.90. The Labute approximate surface area is 77.2 Å². The van der Waals surface area contributed by atoms with Crippen LogP contribution in [0.15, 0.2) is 12.3 Å². The summed E-state index contributed by atoms with van der Waals surface area (Å²) in [6, 6.07) is 0. The van der Waals surface area contributed by atoms with Gasteiger partial charge in [0.25, 0.3) is 0 Å². The molecule has 1 heteroatoms. The third-order valence-corrected chi connectivity index (χ3v) is 1.78. The van der Waals surface area contributed by atoms with Gasteiger partial charge in [0, 0.05) is 12.2 Å². The van der Waals surface area contributed by atoms with Gasteiger partial charge in [0.05, 0.1) is 0 Å². The van der Waals surface area contributed by atoms with Gasteiger partial charge in [0.15, 0.2) is 0 Å². The summed E-state index contributed by atoms with van der Waals surface area (Å²) in [7, 11) is 0. The van der Waals surface area contributed by atoms with Gasteiger partial charge in [-0.2, -0.15) is 0 Å². The lowest BCUT2D eigenvalue weighted by molar-refractivity contribution is 0.360. The fraction of sp³-hybridized carbons (Fsp3) is 0.818. The Balaban J connectivity index is 3.17. The number of rotatable bonds is 5. The van der Waals surface area contributed by atoms with Crippen LogP contribution in [-0.2, 0) is 0 Å². The van der Waals surface area contributed by atoms with Crippen molar-refractivity contribution < 1.29 is 0 Å². The molecule has 1 nitrogen and oxygen atoms in total. The van der Waals surface area contributed by atoms with E-state index in [2.05, 4.69) is 32.7 Å². The minimum atomic E-state index is 0.489. The second kappa shape index (κ2) is 5.23. The normalized spacial score (nSPS) is 11.3. The van der Waals surface area contributed by atoms with Gasteiger partial charge in [0.1, 0.15) is 0 Å². The lowest BCUT2D eigenvalue weighted by Gasteiger charge is -2.17. The Morgan fingerprint density at radius 3 is 2.25 bits per heavy atom. The Bertz CT molecular complexity index is 130.